The maximum Gasteiger partial charge on any atom is 0.330 e. The first-order valence-corrected chi connectivity index (χ1v) is 16.5. The molecule has 47 heavy (non-hydrogen) atoms. The molecule has 0 heterocycles. The zero-order valence-electron chi connectivity index (χ0n) is 27.7. The van der Waals surface area contributed by atoms with E-state index in [0.717, 1.165) is 61.5 Å². The highest BCUT2D eigenvalue weighted by Gasteiger charge is 2.06. The molecule has 0 radical (unpaired) electrons. The first-order valence-electron chi connectivity index (χ1n) is 16.5. The second-order valence-corrected chi connectivity index (χ2v) is 10.8. The van der Waals surface area contributed by atoms with Crippen LogP contribution in [0.15, 0.2) is 106 Å². The van der Waals surface area contributed by atoms with Crippen molar-refractivity contribution >= 4 is 40.4 Å². The van der Waals surface area contributed by atoms with E-state index in [1.807, 2.05) is 72.8 Å². The number of rotatable bonds is 22. The van der Waals surface area contributed by atoms with Crippen LogP contribution in [0.1, 0.15) is 65.2 Å². The van der Waals surface area contributed by atoms with Crippen LogP contribution in [0, 0.1) is 0 Å². The van der Waals surface area contributed by atoms with Crippen molar-refractivity contribution in [1.29, 1.82) is 0 Å². The van der Waals surface area contributed by atoms with Gasteiger partial charge in [-0.05, 0) is 92.6 Å². The average Bonchev–Trinajstić information content (AvgIpc) is 3.11. The molecule has 0 saturated carbocycles. The lowest BCUT2D eigenvalue weighted by Gasteiger charge is -2.22. The SMILES string of the molecule is C=CC(=O)OCCCCCCCCCOc1ccc(N=Nc2ccc(N=Nc3ccc(N(CC)CCOC(=O)CC)cc3)cc2)cc1. The zero-order valence-corrected chi connectivity index (χ0v) is 27.7. The van der Waals surface area contributed by atoms with E-state index in [-0.39, 0.29) is 11.9 Å². The zero-order chi connectivity index (χ0) is 33.5. The summed E-state index contributed by atoms with van der Waals surface area (Å²) in [7, 11) is 0. The normalized spacial score (nSPS) is 11.1. The van der Waals surface area contributed by atoms with E-state index in [1.54, 1.807) is 6.92 Å². The number of anilines is 1. The van der Waals surface area contributed by atoms with Crippen LogP contribution in [-0.4, -0.2) is 44.8 Å². The molecule has 0 unspecified atom stereocenters. The highest BCUT2D eigenvalue weighted by Crippen LogP contribution is 2.26. The Morgan fingerprint density at radius 1 is 0.638 bits per heavy atom. The van der Waals surface area contributed by atoms with Crippen LogP contribution >= 0.6 is 0 Å². The second-order valence-electron chi connectivity index (χ2n) is 10.8. The molecule has 0 aromatic heterocycles. The van der Waals surface area contributed by atoms with Gasteiger partial charge in [-0.1, -0.05) is 45.6 Å². The molecule has 0 amide bonds. The van der Waals surface area contributed by atoms with Gasteiger partial charge in [0.2, 0.25) is 0 Å². The van der Waals surface area contributed by atoms with Gasteiger partial charge in [0.25, 0.3) is 0 Å². The fourth-order valence-corrected chi connectivity index (χ4v) is 4.51. The standard InChI is InChI=1S/C37H47N5O5/c1-4-36(43)46-28-13-11-9-7-8-10-12-27-45-35-24-20-33(21-25-35)41-39-31-16-14-30(15-17-31)38-40-32-18-22-34(23-19-32)42(6-3)26-29-47-37(44)5-2/h4,14-25H,1,5-13,26-29H2,2-3H3. The Morgan fingerprint density at radius 3 is 1.60 bits per heavy atom. The van der Waals surface area contributed by atoms with Crippen LogP contribution in [0.25, 0.3) is 0 Å². The average molecular weight is 642 g/mol. The number of ether oxygens (including phenoxy) is 3. The number of unbranched alkanes of at least 4 members (excludes halogenated alkanes) is 6. The Hall–Kier alpha value is -4.86. The minimum atomic E-state index is -0.350. The smallest absolute Gasteiger partial charge is 0.330 e. The summed E-state index contributed by atoms with van der Waals surface area (Å²) in [5.41, 5.74) is 3.95. The summed E-state index contributed by atoms with van der Waals surface area (Å²) < 4.78 is 16.0. The summed E-state index contributed by atoms with van der Waals surface area (Å²) in [5.74, 6) is 0.284. The van der Waals surface area contributed by atoms with Gasteiger partial charge in [-0.3, -0.25) is 4.79 Å². The number of benzene rings is 3. The van der Waals surface area contributed by atoms with Crippen LogP contribution in [0.4, 0.5) is 28.4 Å². The van der Waals surface area contributed by atoms with E-state index in [2.05, 4.69) is 38.9 Å². The minimum absolute atomic E-state index is 0.185. The van der Waals surface area contributed by atoms with Crippen LogP contribution in [0.2, 0.25) is 0 Å². The van der Waals surface area contributed by atoms with Gasteiger partial charge < -0.3 is 19.1 Å². The lowest BCUT2D eigenvalue weighted by molar-refractivity contribution is -0.143. The monoisotopic (exact) mass is 641 g/mol. The van der Waals surface area contributed by atoms with E-state index >= 15 is 0 Å². The van der Waals surface area contributed by atoms with Gasteiger partial charge in [0.05, 0.1) is 42.5 Å². The van der Waals surface area contributed by atoms with Crippen molar-refractivity contribution in [2.75, 3.05) is 37.8 Å². The van der Waals surface area contributed by atoms with Crippen molar-refractivity contribution in [3.8, 4) is 5.75 Å². The summed E-state index contributed by atoms with van der Waals surface area (Å²) in [6.45, 7) is 10.2. The van der Waals surface area contributed by atoms with E-state index in [9.17, 15) is 9.59 Å². The molecule has 0 aliphatic rings. The third kappa shape index (κ3) is 14.9. The fourth-order valence-electron chi connectivity index (χ4n) is 4.51. The Bertz CT molecular complexity index is 1410. The fraction of sp³-hybridized carbons (Fsp3) is 0.405. The molecule has 0 fully saturated rings. The highest BCUT2D eigenvalue weighted by atomic mass is 16.5. The number of hydrogen-bond acceptors (Lipinski definition) is 10. The molecule has 0 saturated heterocycles. The molecule has 3 rings (SSSR count). The number of carbonyl (C=O) groups excluding carboxylic acids is 2. The molecule has 3 aromatic carbocycles. The van der Waals surface area contributed by atoms with Crippen LogP contribution in [-0.2, 0) is 19.1 Å². The van der Waals surface area contributed by atoms with E-state index in [0.29, 0.717) is 44.2 Å². The van der Waals surface area contributed by atoms with Crippen LogP contribution in [0.3, 0.4) is 0 Å². The molecule has 250 valence electrons. The number of esters is 2. The van der Waals surface area contributed by atoms with Gasteiger partial charge in [-0.2, -0.15) is 20.5 Å². The van der Waals surface area contributed by atoms with Crippen molar-refractivity contribution in [3.63, 3.8) is 0 Å². The molecule has 0 atom stereocenters. The number of azo groups is 2. The molecule has 0 aliphatic heterocycles. The van der Waals surface area contributed by atoms with Crippen molar-refractivity contribution in [1.82, 2.24) is 0 Å². The molecule has 0 aliphatic carbocycles. The number of nitrogens with zero attached hydrogens (tertiary/aromatic N) is 5. The molecular formula is C37H47N5O5. The molecule has 0 bridgehead atoms. The van der Waals surface area contributed by atoms with E-state index in [4.69, 9.17) is 14.2 Å². The van der Waals surface area contributed by atoms with Crippen molar-refractivity contribution in [3.05, 3.63) is 85.5 Å². The third-order valence-corrected chi connectivity index (χ3v) is 7.23. The van der Waals surface area contributed by atoms with Gasteiger partial charge in [0.1, 0.15) is 12.4 Å². The Balaban J connectivity index is 1.33. The number of hydrogen-bond donors (Lipinski definition) is 0. The van der Waals surface area contributed by atoms with Crippen LogP contribution < -0.4 is 9.64 Å². The summed E-state index contributed by atoms with van der Waals surface area (Å²) in [5, 5.41) is 17.3. The third-order valence-electron chi connectivity index (χ3n) is 7.23. The van der Waals surface area contributed by atoms with E-state index < -0.39 is 0 Å². The van der Waals surface area contributed by atoms with E-state index in [1.165, 1.54) is 18.9 Å². The summed E-state index contributed by atoms with van der Waals surface area (Å²) >= 11 is 0. The Labute approximate surface area is 278 Å². The summed E-state index contributed by atoms with van der Waals surface area (Å²) in [6, 6.07) is 22.8. The topological polar surface area (TPSA) is 115 Å². The maximum atomic E-state index is 11.4. The first kappa shape index (κ1) is 36.6. The Kier molecular flexibility index (Phi) is 17.0. The minimum Gasteiger partial charge on any atom is -0.494 e. The lowest BCUT2D eigenvalue weighted by Crippen LogP contribution is -2.27. The lowest BCUT2D eigenvalue weighted by atomic mass is 10.1. The predicted molar refractivity (Wildman–Crippen MR) is 186 cm³/mol. The summed E-state index contributed by atoms with van der Waals surface area (Å²) in [4.78, 5) is 24.5. The molecule has 0 N–H and O–H groups in total. The molecule has 10 heteroatoms. The molecule has 0 spiro atoms. The number of likely N-dealkylation sites (N-methyl/N-ethyl adjacent to an activating group) is 1. The quantitative estimate of drug-likeness (QED) is 0.0467. The van der Waals surface area contributed by atoms with Gasteiger partial charge in [-0.25, -0.2) is 4.79 Å². The van der Waals surface area contributed by atoms with Gasteiger partial charge in [0.15, 0.2) is 0 Å². The van der Waals surface area contributed by atoms with Crippen molar-refractivity contribution in [2.45, 2.75) is 65.2 Å². The summed E-state index contributed by atoms with van der Waals surface area (Å²) in [6.07, 6.45) is 9.19. The number of carbonyl (C=O) groups is 2. The second kappa shape index (κ2) is 21.8. The predicted octanol–water partition coefficient (Wildman–Crippen LogP) is 10.1. The van der Waals surface area contributed by atoms with Crippen molar-refractivity contribution in [2.24, 2.45) is 20.5 Å². The largest absolute Gasteiger partial charge is 0.494 e. The molecule has 3 aromatic rings. The van der Waals surface area contributed by atoms with Crippen molar-refractivity contribution < 1.29 is 23.8 Å². The first-order chi connectivity index (χ1) is 23.0. The molecular weight excluding hydrogens is 594 g/mol. The van der Waals surface area contributed by atoms with Gasteiger partial charge in [0, 0.05) is 24.7 Å². The van der Waals surface area contributed by atoms with Gasteiger partial charge in [-0.15, -0.1) is 0 Å². The maximum absolute atomic E-state index is 11.4. The Morgan fingerprint density at radius 2 is 1.11 bits per heavy atom. The van der Waals surface area contributed by atoms with Crippen LogP contribution in [0.5, 0.6) is 5.75 Å². The van der Waals surface area contributed by atoms with Gasteiger partial charge >= 0.3 is 11.9 Å². The molecule has 10 nitrogen and oxygen atoms in total. The highest BCUT2D eigenvalue weighted by molar-refractivity contribution is 5.81.